The van der Waals surface area contributed by atoms with E-state index in [0.717, 1.165) is 27.8 Å². The van der Waals surface area contributed by atoms with Gasteiger partial charge in [0.05, 0.1) is 30.7 Å². The molecule has 28 heavy (non-hydrogen) atoms. The molecule has 0 unspecified atom stereocenters. The Hall–Kier alpha value is -2.12. The molecule has 2 aromatic rings. The Bertz CT molecular complexity index is 917. The van der Waals surface area contributed by atoms with Gasteiger partial charge >= 0.3 is 5.97 Å². The van der Waals surface area contributed by atoms with Crippen molar-refractivity contribution >= 4 is 16.0 Å². The average Bonchev–Trinajstić information content (AvgIpc) is 3.15. The largest absolute Gasteiger partial charge is 0.468 e. The SMILES string of the molecule is CCOC(=O)CCN(Cc1ccco1)S(=O)(=O)c1c(C)c(C)c(C)c(C)c1C. The molecule has 0 saturated heterocycles. The van der Waals surface area contributed by atoms with Crippen LogP contribution in [0.2, 0.25) is 0 Å². The summed E-state index contributed by atoms with van der Waals surface area (Å²) in [6.07, 6.45) is 1.48. The molecule has 0 atom stereocenters. The first-order valence-corrected chi connectivity index (χ1v) is 10.8. The first-order chi connectivity index (χ1) is 13.1. The van der Waals surface area contributed by atoms with Crippen LogP contribution in [0.4, 0.5) is 0 Å². The van der Waals surface area contributed by atoms with Crippen LogP contribution in [-0.2, 0) is 26.1 Å². The number of hydrogen-bond donors (Lipinski definition) is 0. The van der Waals surface area contributed by atoms with Crippen LogP contribution in [0.5, 0.6) is 0 Å². The number of rotatable bonds is 8. The molecule has 7 heteroatoms. The van der Waals surface area contributed by atoms with Gasteiger partial charge in [0, 0.05) is 6.54 Å². The number of carbonyl (C=O) groups excluding carboxylic acids is 1. The maximum Gasteiger partial charge on any atom is 0.307 e. The molecule has 0 aliphatic carbocycles. The molecule has 0 radical (unpaired) electrons. The van der Waals surface area contributed by atoms with E-state index < -0.39 is 16.0 Å². The van der Waals surface area contributed by atoms with Crippen LogP contribution < -0.4 is 0 Å². The smallest absolute Gasteiger partial charge is 0.307 e. The second-order valence-corrected chi connectivity index (χ2v) is 8.80. The molecule has 0 amide bonds. The summed E-state index contributed by atoms with van der Waals surface area (Å²) < 4.78 is 38.9. The first-order valence-electron chi connectivity index (χ1n) is 9.36. The Balaban J connectivity index is 2.50. The highest BCUT2D eigenvalue weighted by Gasteiger charge is 2.31. The third kappa shape index (κ3) is 4.47. The molecule has 1 aromatic heterocycles. The molecule has 0 aliphatic heterocycles. The number of carbonyl (C=O) groups is 1. The van der Waals surface area contributed by atoms with Gasteiger partial charge in [0.1, 0.15) is 5.76 Å². The highest BCUT2D eigenvalue weighted by molar-refractivity contribution is 7.89. The van der Waals surface area contributed by atoms with Crippen molar-refractivity contribution in [2.75, 3.05) is 13.2 Å². The van der Waals surface area contributed by atoms with E-state index in [1.165, 1.54) is 10.6 Å². The van der Waals surface area contributed by atoms with Gasteiger partial charge < -0.3 is 9.15 Å². The van der Waals surface area contributed by atoms with E-state index in [-0.39, 0.29) is 26.1 Å². The predicted molar refractivity (Wildman–Crippen MR) is 108 cm³/mol. The highest BCUT2D eigenvalue weighted by Crippen LogP contribution is 2.32. The van der Waals surface area contributed by atoms with Crippen molar-refractivity contribution in [1.82, 2.24) is 4.31 Å². The number of sulfonamides is 1. The normalized spacial score (nSPS) is 11.8. The minimum absolute atomic E-state index is 0.0182. The van der Waals surface area contributed by atoms with Gasteiger partial charge in [0.25, 0.3) is 0 Å². The summed E-state index contributed by atoms with van der Waals surface area (Å²) >= 11 is 0. The summed E-state index contributed by atoms with van der Waals surface area (Å²) in [4.78, 5) is 12.1. The Kier molecular flexibility index (Phi) is 7.06. The van der Waals surface area contributed by atoms with Crippen molar-refractivity contribution in [3.63, 3.8) is 0 Å². The van der Waals surface area contributed by atoms with Crippen molar-refractivity contribution in [2.24, 2.45) is 0 Å². The molecule has 2 rings (SSSR count). The van der Waals surface area contributed by atoms with Gasteiger partial charge in [0.15, 0.2) is 0 Å². The van der Waals surface area contributed by atoms with E-state index in [0.29, 0.717) is 10.7 Å². The number of nitrogens with zero attached hydrogens (tertiary/aromatic N) is 1. The molecule has 154 valence electrons. The predicted octanol–water partition coefficient (Wildman–Crippen LogP) is 3.97. The number of ether oxygens (including phenoxy) is 1. The van der Waals surface area contributed by atoms with Gasteiger partial charge in [-0.3, -0.25) is 4.79 Å². The zero-order chi connectivity index (χ0) is 21.1. The van der Waals surface area contributed by atoms with Crippen LogP contribution in [-0.4, -0.2) is 31.8 Å². The number of esters is 1. The molecule has 0 fully saturated rings. The lowest BCUT2D eigenvalue weighted by Crippen LogP contribution is -2.34. The number of furan rings is 1. The van der Waals surface area contributed by atoms with Gasteiger partial charge in [-0.25, -0.2) is 8.42 Å². The van der Waals surface area contributed by atoms with E-state index in [2.05, 4.69) is 0 Å². The van der Waals surface area contributed by atoms with Crippen LogP contribution in [0.25, 0.3) is 0 Å². The van der Waals surface area contributed by atoms with E-state index >= 15 is 0 Å². The van der Waals surface area contributed by atoms with Crippen LogP contribution in [0.3, 0.4) is 0 Å². The van der Waals surface area contributed by atoms with Crippen molar-refractivity contribution < 1.29 is 22.4 Å². The van der Waals surface area contributed by atoms with E-state index in [4.69, 9.17) is 9.15 Å². The number of hydrogen-bond acceptors (Lipinski definition) is 5. The fraction of sp³-hybridized carbons (Fsp3) is 0.476. The third-order valence-corrected chi connectivity index (χ3v) is 7.43. The Morgan fingerprint density at radius 2 is 1.61 bits per heavy atom. The van der Waals surface area contributed by atoms with Crippen molar-refractivity contribution in [2.45, 2.75) is 59.4 Å². The molecule has 1 heterocycles. The van der Waals surface area contributed by atoms with Gasteiger partial charge in [-0.2, -0.15) is 4.31 Å². The molecule has 0 N–H and O–H groups in total. The van der Waals surface area contributed by atoms with Crippen LogP contribution in [0.15, 0.2) is 27.7 Å². The molecule has 0 aliphatic rings. The van der Waals surface area contributed by atoms with Crippen LogP contribution in [0.1, 0.15) is 46.9 Å². The highest BCUT2D eigenvalue weighted by atomic mass is 32.2. The van der Waals surface area contributed by atoms with Gasteiger partial charge in [-0.15, -0.1) is 0 Å². The summed E-state index contributed by atoms with van der Waals surface area (Å²) in [5.41, 5.74) is 4.50. The summed E-state index contributed by atoms with van der Waals surface area (Å²) in [7, 11) is -3.85. The summed E-state index contributed by atoms with van der Waals surface area (Å²) in [5.74, 6) is 0.0927. The number of benzene rings is 1. The zero-order valence-corrected chi connectivity index (χ0v) is 18.3. The molecule has 0 saturated carbocycles. The van der Waals surface area contributed by atoms with Gasteiger partial charge in [-0.05, 0) is 81.5 Å². The maximum atomic E-state index is 13.6. The standard InChI is InChI=1S/C21H29NO5S/c1-7-26-20(23)10-11-22(13-19-9-8-12-27-19)28(24,25)21-17(5)15(3)14(2)16(4)18(21)6/h8-9,12H,7,10-11,13H2,1-6H3. The first kappa shape index (κ1) is 22.2. The summed E-state index contributed by atoms with van der Waals surface area (Å²) in [6.45, 7) is 11.6. The molecule has 0 bridgehead atoms. The lowest BCUT2D eigenvalue weighted by Gasteiger charge is -2.25. The average molecular weight is 408 g/mol. The van der Waals surface area contributed by atoms with E-state index in [1.807, 2.05) is 34.6 Å². The second kappa shape index (κ2) is 8.92. The summed E-state index contributed by atoms with van der Waals surface area (Å²) in [5, 5.41) is 0. The third-order valence-electron chi connectivity index (χ3n) is 5.31. The zero-order valence-electron chi connectivity index (χ0n) is 17.5. The van der Waals surface area contributed by atoms with Crippen LogP contribution >= 0.6 is 0 Å². The quantitative estimate of drug-likeness (QED) is 0.619. The Morgan fingerprint density at radius 1 is 1.04 bits per heavy atom. The van der Waals surface area contributed by atoms with Crippen LogP contribution in [0, 0.1) is 34.6 Å². The monoisotopic (exact) mass is 407 g/mol. The maximum absolute atomic E-state index is 13.6. The minimum atomic E-state index is -3.85. The Labute approximate surface area is 167 Å². The molecule has 6 nitrogen and oxygen atoms in total. The topological polar surface area (TPSA) is 76.8 Å². The Morgan fingerprint density at radius 3 is 2.11 bits per heavy atom. The molecule has 0 spiro atoms. The van der Waals surface area contributed by atoms with E-state index in [9.17, 15) is 13.2 Å². The van der Waals surface area contributed by atoms with Gasteiger partial charge in [-0.1, -0.05) is 0 Å². The minimum Gasteiger partial charge on any atom is -0.468 e. The molecular formula is C21H29NO5S. The van der Waals surface area contributed by atoms with E-state index in [1.54, 1.807) is 19.1 Å². The second-order valence-electron chi connectivity index (χ2n) is 6.93. The fourth-order valence-electron chi connectivity index (χ4n) is 3.29. The van der Waals surface area contributed by atoms with Crippen molar-refractivity contribution in [3.05, 3.63) is 52.0 Å². The van der Waals surface area contributed by atoms with Gasteiger partial charge in [0.2, 0.25) is 10.0 Å². The lowest BCUT2D eigenvalue weighted by atomic mass is 9.95. The fourth-order valence-corrected chi connectivity index (χ4v) is 5.26. The van der Waals surface area contributed by atoms with Crippen molar-refractivity contribution in [1.29, 1.82) is 0 Å². The molecular weight excluding hydrogens is 378 g/mol. The lowest BCUT2D eigenvalue weighted by molar-refractivity contribution is -0.143. The summed E-state index contributed by atoms with van der Waals surface area (Å²) in [6, 6.07) is 3.43. The van der Waals surface area contributed by atoms with Crippen molar-refractivity contribution in [3.8, 4) is 0 Å². The molecule has 1 aromatic carbocycles.